The molecular weight excluding hydrogens is 566 g/mol. The van der Waals surface area contributed by atoms with Gasteiger partial charge in [0, 0.05) is 0 Å². The van der Waals surface area contributed by atoms with Crippen molar-refractivity contribution in [2.45, 2.75) is 17.3 Å². The number of carbonyl (C=O) groups is 1. The van der Waals surface area contributed by atoms with Crippen LogP contribution in [0.2, 0.25) is 0 Å². The van der Waals surface area contributed by atoms with Crippen LogP contribution in [0.25, 0.3) is 11.3 Å². The number of H-pyrrole nitrogens is 1. The van der Waals surface area contributed by atoms with Gasteiger partial charge in [0.1, 0.15) is 0 Å². The van der Waals surface area contributed by atoms with Gasteiger partial charge in [0.05, 0.1) is 0 Å². The summed E-state index contributed by atoms with van der Waals surface area (Å²) in [6.45, 7) is 3.55. The summed E-state index contributed by atoms with van der Waals surface area (Å²) in [5.41, 5.74) is 4.81. The molecule has 2 aliphatic rings. The first-order valence-corrected chi connectivity index (χ1v) is 13.3. The molecular formula is C25H25FIN4O4-. The van der Waals surface area contributed by atoms with Crippen molar-refractivity contribution in [3.63, 3.8) is 0 Å². The molecule has 0 spiro atoms. The molecule has 10 heteroatoms. The molecule has 0 fully saturated rings. The van der Waals surface area contributed by atoms with Crippen LogP contribution in [0.3, 0.4) is 0 Å². The Morgan fingerprint density at radius 3 is 3.06 bits per heavy atom. The van der Waals surface area contributed by atoms with Gasteiger partial charge in [-0.2, -0.15) is 0 Å². The van der Waals surface area contributed by atoms with E-state index in [1.165, 1.54) is 18.7 Å². The summed E-state index contributed by atoms with van der Waals surface area (Å²) in [6.07, 6.45) is 6.17. The number of fused-ring (bicyclic) bond motifs is 3. The van der Waals surface area contributed by atoms with Gasteiger partial charge in [0.2, 0.25) is 0 Å². The van der Waals surface area contributed by atoms with Crippen molar-refractivity contribution in [2.75, 3.05) is 32.2 Å². The minimum atomic E-state index is -0.723. The number of methoxy groups -OCH3 is 1. The van der Waals surface area contributed by atoms with Gasteiger partial charge in [-0.3, -0.25) is 0 Å². The minimum absolute atomic E-state index is 0.0213. The first kappa shape index (κ1) is 23.6. The second kappa shape index (κ2) is 10.2. The fraction of sp³-hybridized carbons (Fsp3) is 0.280. The fourth-order valence-electron chi connectivity index (χ4n) is 4.13. The van der Waals surface area contributed by atoms with Crippen LogP contribution in [0.5, 0.6) is 11.5 Å². The Hall–Kier alpha value is -3.12. The molecule has 4 heterocycles. The Bertz CT molecular complexity index is 1290. The molecule has 1 atom stereocenters. The summed E-state index contributed by atoms with van der Waals surface area (Å²) in [7, 11) is 1.41. The molecule has 2 aliphatic heterocycles. The molecule has 3 aromatic rings. The molecule has 5 rings (SSSR count). The number of hydrogen-bond donors (Lipinski definition) is 3. The predicted molar refractivity (Wildman–Crippen MR) is 125 cm³/mol. The first-order valence-electron chi connectivity index (χ1n) is 11.2. The van der Waals surface area contributed by atoms with Gasteiger partial charge in [-0.05, 0) is 0 Å². The number of aromatic amines is 1. The molecule has 184 valence electrons. The van der Waals surface area contributed by atoms with Crippen molar-refractivity contribution in [1.82, 2.24) is 15.3 Å². The van der Waals surface area contributed by atoms with Gasteiger partial charge >= 0.3 is 214 Å². The van der Waals surface area contributed by atoms with Crippen LogP contribution in [0.1, 0.15) is 33.3 Å². The molecule has 0 radical (unpaired) electrons. The Balaban J connectivity index is 1.69. The van der Waals surface area contributed by atoms with E-state index in [9.17, 15) is 9.18 Å². The van der Waals surface area contributed by atoms with E-state index in [-0.39, 0.29) is 15.6 Å². The van der Waals surface area contributed by atoms with Crippen LogP contribution in [0.4, 0.5) is 15.8 Å². The number of pyridine rings is 1. The van der Waals surface area contributed by atoms with Crippen LogP contribution in [-0.2, 0) is 3.07 Å². The molecule has 1 amide bonds. The standard InChI is InChI=1S/C25H25FIN4O4/c1-14-7-10-34-19-13-28-9-6-15(19)21-23(30-18-5-3-4-16(26)24(18)33-2)20-22(31-21)17(12-29-25(20)32)27-35-11-8-14/h3-6,8-9,13,17,30-31H,7,10-12H2,1-2H3,(H,29,32)/q-1/b14-8+/t17-/m1/s1. The van der Waals surface area contributed by atoms with Gasteiger partial charge in [-0.15, -0.1) is 0 Å². The van der Waals surface area contributed by atoms with Crippen molar-refractivity contribution in [1.29, 1.82) is 0 Å². The monoisotopic (exact) mass is 591 g/mol. The Labute approximate surface area is 213 Å². The zero-order valence-electron chi connectivity index (χ0n) is 19.3. The first-order chi connectivity index (χ1) is 17.1. The zero-order chi connectivity index (χ0) is 24.4. The number of nitrogens with zero attached hydrogens (tertiary/aromatic N) is 1. The average Bonchev–Trinajstić information content (AvgIpc) is 3.23. The number of ether oxygens (including phenoxy) is 2. The van der Waals surface area contributed by atoms with E-state index in [1.54, 1.807) is 24.5 Å². The maximum atomic E-state index is 14.5. The molecule has 0 aliphatic carbocycles. The molecule has 3 N–H and O–H groups in total. The van der Waals surface area contributed by atoms with Gasteiger partial charge in [-0.1, -0.05) is 0 Å². The fourth-order valence-corrected chi connectivity index (χ4v) is 6.07. The van der Waals surface area contributed by atoms with Gasteiger partial charge < -0.3 is 0 Å². The van der Waals surface area contributed by atoms with Crippen LogP contribution < -0.4 is 41.7 Å². The second-order valence-electron chi connectivity index (χ2n) is 8.17. The summed E-state index contributed by atoms with van der Waals surface area (Å²) in [6, 6.07) is 6.47. The summed E-state index contributed by atoms with van der Waals surface area (Å²) in [4.78, 5) is 20.9. The number of hydrogen-bond acceptors (Lipinski definition) is 6. The predicted octanol–water partition coefficient (Wildman–Crippen LogP) is 1.50. The van der Waals surface area contributed by atoms with E-state index in [0.29, 0.717) is 48.1 Å². The number of amides is 1. The number of rotatable bonds is 3. The quantitative estimate of drug-likeness (QED) is 0.243. The molecule has 2 aromatic heterocycles. The number of halogens is 2. The molecule has 1 aromatic carbocycles. The van der Waals surface area contributed by atoms with Gasteiger partial charge in [-0.25, -0.2) is 0 Å². The van der Waals surface area contributed by atoms with Crippen molar-refractivity contribution in [3.8, 4) is 22.8 Å². The van der Waals surface area contributed by atoms with Crippen LogP contribution in [0, 0.1) is 5.82 Å². The van der Waals surface area contributed by atoms with E-state index in [2.05, 4.69) is 33.6 Å². The summed E-state index contributed by atoms with van der Waals surface area (Å²) in [5.74, 6) is -0.0554. The summed E-state index contributed by atoms with van der Waals surface area (Å²) < 4.78 is 31.9. The van der Waals surface area contributed by atoms with E-state index in [1.807, 2.05) is 6.07 Å². The van der Waals surface area contributed by atoms with Gasteiger partial charge in [0.15, 0.2) is 0 Å². The Morgan fingerprint density at radius 2 is 2.20 bits per heavy atom. The molecule has 0 saturated carbocycles. The van der Waals surface area contributed by atoms with Crippen LogP contribution >= 0.6 is 0 Å². The van der Waals surface area contributed by atoms with E-state index < -0.39 is 27.4 Å². The number of nitrogens with one attached hydrogen (secondary N) is 3. The number of alkyl halides is 1. The maximum absolute atomic E-state index is 14.5. The third-order valence-corrected chi connectivity index (χ3v) is 8.31. The molecule has 0 saturated heterocycles. The molecule has 0 unspecified atom stereocenters. The van der Waals surface area contributed by atoms with Crippen molar-refractivity contribution < 1.29 is 43.3 Å². The van der Waals surface area contributed by atoms with Gasteiger partial charge in [0.25, 0.3) is 0 Å². The average molecular weight is 591 g/mol. The number of aromatic nitrogens is 2. The van der Waals surface area contributed by atoms with Crippen molar-refractivity contribution in [3.05, 3.63) is 65.4 Å². The summed E-state index contributed by atoms with van der Waals surface area (Å²) >= 11 is -0.723. The summed E-state index contributed by atoms with van der Waals surface area (Å²) in [5, 5.41) is 6.27. The third-order valence-electron chi connectivity index (χ3n) is 5.92. The third kappa shape index (κ3) is 4.72. The van der Waals surface area contributed by atoms with E-state index in [0.717, 1.165) is 17.7 Å². The Kier molecular flexibility index (Phi) is 6.91. The molecule has 8 nitrogen and oxygen atoms in total. The SMILES string of the molecule is COc1c(F)cccc1Nc1c2[nH]c3c1C(=O)NC[C@H]3[I-]OC/C=C(\C)CCOc1cnccc1-2. The number of para-hydroxylation sites is 1. The van der Waals surface area contributed by atoms with Crippen LogP contribution in [-0.4, -0.2) is 42.7 Å². The normalized spacial score (nSPS) is 19.6. The van der Waals surface area contributed by atoms with E-state index in [4.69, 9.17) is 12.5 Å². The topological polar surface area (TPSA) is 97.5 Å². The Morgan fingerprint density at radius 1 is 1.31 bits per heavy atom. The number of carbonyl (C=O) groups excluding carboxylic acids is 1. The molecule has 35 heavy (non-hydrogen) atoms. The van der Waals surface area contributed by atoms with E-state index >= 15 is 0 Å². The zero-order valence-corrected chi connectivity index (χ0v) is 21.4. The van der Waals surface area contributed by atoms with Crippen molar-refractivity contribution in [2.24, 2.45) is 0 Å². The molecule has 2 bridgehead atoms. The number of anilines is 2. The van der Waals surface area contributed by atoms with Crippen molar-refractivity contribution >= 4 is 17.3 Å². The number of benzene rings is 1. The second-order valence-corrected chi connectivity index (χ2v) is 10.8. The van der Waals surface area contributed by atoms with Crippen LogP contribution in [0.15, 0.2) is 48.3 Å².